The molecular weight excluding hydrogens is 511 g/mol. The number of aliphatic hydroxyl groups is 1. The number of carboxylic acids is 1. The van der Waals surface area contributed by atoms with Crippen LogP contribution in [0.15, 0.2) is 72.8 Å². The lowest BCUT2D eigenvalue weighted by molar-refractivity contribution is -0.0762. The van der Waals surface area contributed by atoms with Crippen LogP contribution in [0.25, 0.3) is 21.9 Å². The van der Waals surface area contributed by atoms with Crippen LogP contribution in [-0.2, 0) is 28.3 Å². The van der Waals surface area contributed by atoms with Crippen molar-refractivity contribution in [1.82, 2.24) is 0 Å². The van der Waals surface area contributed by atoms with Crippen molar-refractivity contribution in [3.8, 4) is 16.9 Å². The van der Waals surface area contributed by atoms with Gasteiger partial charge in [-0.1, -0.05) is 36.4 Å². The number of carbonyl (C=O) groups is 1. The van der Waals surface area contributed by atoms with Gasteiger partial charge in [-0.05, 0) is 95.1 Å². The highest BCUT2D eigenvalue weighted by Gasteiger charge is 2.37. The first-order chi connectivity index (χ1) is 19.4. The highest BCUT2D eigenvalue weighted by molar-refractivity contribution is 6.05. The number of fused-ring (bicyclic) bond motifs is 1. The van der Waals surface area contributed by atoms with Gasteiger partial charge in [-0.3, -0.25) is 0 Å². The molecule has 0 atom stereocenters. The number of carboxylic acid groups (broad SMARTS) is 1. The summed E-state index contributed by atoms with van der Waals surface area (Å²) in [5.74, 6) is -0.964. The van der Waals surface area contributed by atoms with E-state index in [9.17, 15) is 19.4 Å². The molecule has 1 fully saturated rings. The maximum absolute atomic E-state index is 13.6. The molecule has 1 aliphatic rings. The van der Waals surface area contributed by atoms with E-state index < -0.39 is 18.4 Å². The molecule has 7 heteroatoms. The van der Waals surface area contributed by atoms with Gasteiger partial charge in [-0.25, -0.2) is 9.18 Å². The van der Waals surface area contributed by atoms with E-state index in [-0.39, 0.29) is 22.8 Å². The average Bonchev–Trinajstić information content (AvgIpc) is 2.99. The molecule has 0 spiro atoms. The molecule has 0 unspecified atom stereocenters. The van der Waals surface area contributed by atoms with Gasteiger partial charge in [0, 0.05) is 19.8 Å². The third-order valence-electron chi connectivity index (χ3n) is 8.06. The van der Waals surface area contributed by atoms with E-state index >= 15 is 0 Å². The van der Waals surface area contributed by atoms with Crippen molar-refractivity contribution in [2.24, 2.45) is 0 Å². The van der Waals surface area contributed by atoms with Crippen molar-refractivity contribution in [2.45, 2.75) is 50.6 Å². The van der Waals surface area contributed by atoms with E-state index in [1.165, 1.54) is 12.1 Å². The van der Waals surface area contributed by atoms with Crippen LogP contribution in [0.3, 0.4) is 0 Å². The maximum atomic E-state index is 13.6. The second kappa shape index (κ2) is 11.8. The van der Waals surface area contributed by atoms with Crippen LogP contribution in [0.1, 0.15) is 52.7 Å². The molecule has 0 bridgehead atoms. The lowest BCUT2D eigenvalue weighted by Gasteiger charge is -2.39. The van der Waals surface area contributed by atoms with Gasteiger partial charge in [0.2, 0.25) is 0 Å². The van der Waals surface area contributed by atoms with Crippen LogP contribution in [0.2, 0.25) is 0 Å². The number of methoxy groups -OCH3 is 2. The molecule has 40 heavy (non-hydrogen) atoms. The van der Waals surface area contributed by atoms with Crippen molar-refractivity contribution < 1.29 is 33.6 Å². The molecular formula is C33H33FO6. The summed E-state index contributed by atoms with van der Waals surface area (Å²) in [7, 11) is 3.52. The Labute approximate surface area is 232 Å². The molecule has 2 N–H and O–H groups in total. The Morgan fingerprint density at radius 2 is 1.75 bits per heavy atom. The highest BCUT2D eigenvalue weighted by Crippen LogP contribution is 2.41. The monoisotopic (exact) mass is 544 g/mol. The quantitative estimate of drug-likeness (QED) is 0.240. The average molecular weight is 545 g/mol. The Kier molecular flexibility index (Phi) is 8.17. The SMILES string of the molecule is CO[C@H]1CC[C@](OC)(c2cccc(COc3ccc4c(-c5ccc(F)cc5)c(CO)c(C(=O)O)cc4c3)c2)CC1. The van der Waals surface area contributed by atoms with E-state index in [2.05, 4.69) is 12.1 Å². The number of halogens is 1. The molecule has 1 saturated carbocycles. The number of rotatable bonds is 9. The van der Waals surface area contributed by atoms with Gasteiger partial charge >= 0.3 is 5.97 Å². The van der Waals surface area contributed by atoms with Gasteiger partial charge in [0.25, 0.3) is 0 Å². The molecule has 4 aromatic carbocycles. The van der Waals surface area contributed by atoms with Gasteiger partial charge in [-0.2, -0.15) is 0 Å². The summed E-state index contributed by atoms with van der Waals surface area (Å²) in [6.45, 7) is -0.140. The largest absolute Gasteiger partial charge is 0.489 e. The summed E-state index contributed by atoms with van der Waals surface area (Å²) in [5, 5.41) is 21.4. The van der Waals surface area contributed by atoms with Crippen LogP contribution >= 0.6 is 0 Å². The van der Waals surface area contributed by atoms with Gasteiger partial charge in [0.15, 0.2) is 0 Å². The summed E-state index contributed by atoms with van der Waals surface area (Å²) < 4.78 is 31.4. The first-order valence-corrected chi connectivity index (χ1v) is 13.4. The summed E-state index contributed by atoms with van der Waals surface area (Å²) in [5.41, 5.74) is 3.23. The van der Waals surface area contributed by atoms with Gasteiger partial charge in [0.05, 0.1) is 23.9 Å². The minimum atomic E-state index is -1.15. The van der Waals surface area contributed by atoms with Crippen LogP contribution < -0.4 is 4.74 Å². The molecule has 0 saturated heterocycles. The Bertz CT molecular complexity index is 1510. The van der Waals surface area contributed by atoms with Crippen LogP contribution in [0.4, 0.5) is 4.39 Å². The number of aliphatic hydroxyl groups excluding tert-OH is 1. The first-order valence-electron chi connectivity index (χ1n) is 13.4. The van der Waals surface area contributed by atoms with E-state index in [1.54, 1.807) is 38.5 Å². The van der Waals surface area contributed by atoms with Gasteiger partial charge < -0.3 is 24.4 Å². The van der Waals surface area contributed by atoms with Crippen molar-refractivity contribution in [3.63, 3.8) is 0 Å². The van der Waals surface area contributed by atoms with E-state index in [4.69, 9.17) is 14.2 Å². The molecule has 0 aromatic heterocycles. The van der Waals surface area contributed by atoms with Gasteiger partial charge in [-0.15, -0.1) is 0 Å². The fourth-order valence-electron chi connectivity index (χ4n) is 5.83. The Morgan fingerprint density at radius 3 is 2.40 bits per heavy atom. The molecule has 1 aliphatic carbocycles. The summed E-state index contributed by atoms with van der Waals surface area (Å²) >= 11 is 0. The Hall–Kier alpha value is -3.78. The summed E-state index contributed by atoms with van der Waals surface area (Å²) in [6.07, 6.45) is 3.92. The topological polar surface area (TPSA) is 85.2 Å². The van der Waals surface area contributed by atoms with Crippen LogP contribution in [-0.4, -0.2) is 36.5 Å². The maximum Gasteiger partial charge on any atom is 0.336 e. The molecule has 4 aromatic rings. The Balaban J connectivity index is 1.44. The molecule has 208 valence electrons. The predicted octanol–water partition coefficient (Wildman–Crippen LogP) is 6.85. The minimum Gasteiger partial charge on any atom is -0.489 e. The number of hydrogen-bond donors (Lipinski definition) is 2. The normalized spacial score (nSPS) is 19.1. The third kappa shape index (κ3) is 5.45. The fourth-order valence-corrected chi connectivity index (χ4v) is 5.83. The zero-order valence-electron chi connectivity index (χ0n) is 22.7. The molecule has 0 heterocycles. The summed E-state index contributed by atoms with van der Waals surface area (Å²) in [4.78, 5) is 12.1. The Morgan fingerprint density at radius 1 is 1.00 bits per heavy atom. The van der Waals surface area contributed by atoms with Crippen molar-refractivity contribution in [3.05, 3.63) is 101 Å². The number of hydrogen-bond acceptors (Lipinski definition) is 5. The number of aromatic carboxylic acids is 1. The van der Waals surface area contributed by atoms with E-state index in [0.29, 0.717) is 28.9 Å². The second-order valence-electron chi connectivity index (χ2n) is 10.3. The second-order valence-corrected chi connectivity index (χ2v) is 10.3. The molecule has 0 aliphatic heterocycles. The van der Waals surface area contributed by atoms with Crippen LogP contribution in [0, 0.1) is 5.82 Å². The molecule has 0 amide bonds. The molecule has 0 radical (unpaired) electrons. The third-order valence-corrected chi connectivity index (χ3v) is 8.06. The first kappa shape index (κ1) is 27.8. The zero-order chi connectivity index (χ0) is 28.3. The summed E-state index contributed by atoms with van der Waals surface area (Å²) in [6, 6.07) is 21.1. The zero-order valence-corrected chi connectivity index (χ0v) is 22.7. The molecule has 6 nitrogen and oxygen atoms in total. The molecule has 5 rings (SSSR count). The van der Waals surface area contributed by atoms with E-state index in [0.717, 1.165) is 42.2 Å². The van der Waals surface area contributed by atoms with Crippen molar-refractivity contribution in [2.75, 3.05) is 14.2 Å². The number of ether oxygens (including phenoxy) is 3. The smallest absolute Gasteiger partial charge is 0.336 e. The van der Waals surface area contributed by atoms with Crippen molar-refractivity contribution >= 4 is 16.7 Å². The highest BCUT2D eigenvalue weighted by atomic mass is 19.1. The lowest BCUT2D eigenvalue weighted by atomic mass is 9.78. The lowest BCUT2D eigenvalue weighted by Crippen LogP contribution is -2.36. The van der Waals surface area contributed by atoms with Crippen LogP contribution in [0.5, 0.6) is 5.75 Å². The number of benzene rings is 4. The van der Waals surface area contributed by atoms with Crippen molar-refractivity contribution in [1.29, 1.82) is 0 Å². The fraction of sp³-hybridized carbons (Fsp3) is 0.303. The standard InChI is InChI=1S/C33H33FO6/c1-38-26-12-14-33(39-2,15-13-26)24-5-3-4-21(16-24)20-40-27-10-11-28-23(17-27)18-29(32(36)37)30(19-35)31(28)22-6-8-25(34)9-7-22/h3-11,16-18,26,35H,12-15,19-20H2,1-2H3,(H,36,37)/t26-,33+. The van der Waals surface area contributed by atoms with Gasteiger partial charge in [0.1, 0.15) is 18.2 Å². The van der Waals surface area contributed by atoms with E-state index in [1.807, 2.05) is 24.3 Å². The minimum absolute atomic E-state index is 0.00719. The predicted molar refractivity (Wildman–Crippen MR) is 151 cm³/mol.